The molecule has 0 bridgehead atoms. The highest BCUT2D eigenvalue weighted by molar-refractivity contribution is 5.76. The lowest BCUT2D eigenvalue weighted by Gasteiger charge is -2.17. The Morgan fingerprint density at radius 2 is 2.20 bits per heavy atom. The van der Waals surface area contributed by atoms with E-state index >= 15 is 0 Å². The summed E-state index contributed by atoms with van der Waals surface area (Å²) in [5.74, 6) is 0.279. The molecule has 2 N–H and O–H groups in total. The highest BCUT2D eigenvalue weighted by Crippen LogP contribution is 2.03. The zero-order valence-electron chi connectivity index (χ0n) is 9.95. The summed E-state index contributed by atoms with van der Waals surface area (Å²) in [6.45, 7) is 4.70. The SMILES string of the molecule is CCC(CCO)NC(=O)CC(C)COC. The van der Waals surface area contributed by atoms with Gasteiger partial charge in [-0.1, -0.05) is 13.8 Å². The molecule has 2 atom stereocenters. The zero-order valence-corrected chi connectivity index (χ0v) is 9.95. The first-order valence-corrected chi connectivity index (χ1v) is 5.53. The van der Waals surface area contributed by atoms with Crippen LogP contribution in [0.3, 0.4) is 0 Å². The molecule has 0 aliphatic carbocycles. The monoisotopic (exact) mass is 217 g/mol. The molecule has 0 fully saturated rings. The molecule has 2 unspecified atom stereocenters. The van der Waals surface area contributed by atoms with Crippen molar-refractivity contribution in [1.82, 2.24) is 5.32 Å². The van der Waals surface area contributed by atoms with E-state index in [0.717, 1.165) is 6.42 Å². The van der Waals surface area contributed by atoms with Gasteiger partial charge in [-0.3, -0.25) is 4.79 Å². The van der Waals surface area contributed by atoms with Crippen molar-refractivity contribution in [1.29, 1.82) is 0 Å². The smallest absolute Gasteiger partial charge is 0.220 e. The van der Waals surface area contributed by atoms with E-state index in [9.17, 15) is 4.79 Å². The van der Waals surface area contributed by atoms with E-state index in [1.54, 1.807) is 7.11 Å². The minimum absolute atomic E-state index is 0.0415. The molecule has 0 aliphatic rings. The first kappa shape index (κ1) is 14.4. The number of ether oxygens (including phenoxy) is 1. The fraction of sp³-hybridized carbons (Fsp3) is 0.909. The summed E-state index contributed by atoms with van der Waals surface area (Å²) in [6.07, 6.45) is 1.96. The lowest BCUT2D eigenvalue weighted by atomic mass is 10.1. The zero-order chi connectivity index (χ0) is 11.7. The molecule has 4 nitrogen and oxygen atoms in total. The Morgan fingerprint density at radius 1 is 1.53 bits per heavy atom. The first-order valence-electron chi connectivity index (χ1n) is 5.53. The van der Waals surface area contributed by atoms with Crippen LogP contribution in [0.25, 0.3) is 0 Å². The molecule has 0 heterocycles. The number of aliphatic hydroxyl groups excluding tert-OH is 1. The van der Waals surface area contributed by atoms with Gasteiger partial charge in [0.1, 0.15) is 0 Å². The van der Waals surface area contributed by atoms with Crippen LogP contribution in [0.4, 0.5) is 0 Å². The molecule has 1 amide bonds. The van der Waals surface area contributed by atoms with Gasteiger partial charge in [0.25, 0.3) is 0 Å². The number of nitrogens with one attached hydrogen (secondary N) is 1. The number of rotatable bonds is 8. The van der Waals surface area contributed by atoms with Crippen LogP contribution >= 0.6 is 0 Å². The number of hydrogen-bond acceptors (Lipinski definition) is 3. The van der Waals surface area contributed by atoms with Crippen LogP contribution in [-0.4, -0.2) is 37.4 Å². The standard InChI is InChI=1S/C11H23NO3/c1-4-10(5-6-13)12-11(14)7-9(2)8-15-3/h9-10,13H,4-8H2,1-3H3,(H,12,14). The van der Waals surface area contributed by atoms with E-state index in [1.165, 1.54) is 0 Å². The summed E-state index contributed by atoms with van der Waals surface area (Å²) in [7, 11) is 1.63. The maximum Gasteiger partial charge on any atom is 0.220 e. The Kier molecular flexibility index (Phi) is 8.33. The molecule has 0 radical (unpaired) electrons. The van der Waals surface area contributed by atoms with E-state index in [2.05, 4.69) is 5.32 Å². The highest BCUT2D eigenvalue weighted by Gasteiger charge is 2.12. The van der Waals surface area contributed by atoms with Crippen LogP contribution in [0.2, 0.25) is 0 Å². The van der Waals surface area contributed by atoms with Crippen molar-refractivity contribution < 1.29 is 14.6 Å². The second kappa shape index (κ2) is 8.68. The fourth-order valence-electron chi connectivity index (χ4n) is 1.48. The van der Waals surface area contributed by atoms with E-state index < -0.39 is 0 Å². The number of hydrogen-bond donors (Lipinski definition) is 2. The van der Waals surface area contributed by atoms with Gasteiger partial charge in [-0.15, -0.1) is 0 Å². The molecule has 15 heavy (non-hydrogen) atoms. The third kappa shape index (κ3) is 7.33. The molecule has 0 spiro atoms. The molecule has 0 saturated carbocycles. The molecule has 0 saturated heterocycles. The third-order valence-corrected chi connectivity index (χ3v) is 2.32. The molecule has 4 heteroatoms. The minimum Gasteiger partial charge on any atom is -0.396 e. The fourth-order valence-corrected chi connectivity index (χ4v) is 1.48. The van der Waals surface area contributed by atoms with E-state index in [0.29, 0.717) is 19.4 Å². The van der Waals surface area contributed by atoms with Gasteiger partial charge in [-0.05, 0) is 18.8 Å². The lowest BCUT2D eigenvalue weighted by Crippen LogP contribution is -2.36. The summed E-state index contributed by atoms with van der Waals surface area (Å²) in [5.41, 5.74) is 0. The predicted octanol–water partition coefficient (Wildman–Crippen LogP) is 0.936. The van der Waals surface area contributed by atoms with Crippen molar-refractivity contribution in [2.75, 3.05) is 20.3 Å². The third-order valence-electron chi connectivity index (χ3n) is 2.32. The molecule has 0 aromatic rings. The maximum atomic E-state index is 11.5. The number of methoxy groups -OCH3 is 1. The minimum atomic E-state index is 0.0415. The Hall–Kier alpha value is -0.610. The van der Waals surface area contributed by atoms with Crippen LogP contribution in [-0.2, 0) is 9.53 Å². The quantitative estimate of drug-likeness (QED) is 0.636. The van der Waals surface area contributed by atoms with Crippen molar-refractivity contribution >= 4 is 5.91 Å². The van der Waals surface area contributed by atoms with Crippen molar-refractivity contribution in [3.8, 4) is 0 Å². The van der Waals surface area contributed by atoms with Gasteiger partial charge in [0, 0.05) is 32.8 Å². The maximum absolute atomic E-state index is 11.5. The lowest BCUT2D eigenvalue weighted by molar-refractivity contribution is -0.123. The summed E-state index contributed by atoms with van der Waals surface area (Å²) < 4.78 is 4.96. The second-order valence-corrected chi connectivity index (χ2v) is 3.95. The molecule has 0 aromatic heterocycles. The molecule has 0 aromatic carbocycles. The van der Waals surface area contributed by atoms with Crippen molar-refractivity contribution in [3.63, 3.8) is 0 Å². The summed E-state index contributed by atoms with van der Waals surface area (Å²) in [4.78, 5) is 11.5. The topological polar surface area (TPSA) is 58.6 Å². The van der Waals surface area contributed by atoms with Crippen molar-refractivity contribution in [3.05, 3.63) is 0 Å². The van der Waals surface area contributed by atoms with Gasteiger partial charge in [-0.2, -0.15) is 0 Å². The average molecular weight is 217 g/mol. The first-order chi connectivity index (χ1) is 7.13. The van der Waals surface area contributed by atoms with E-state index in [-0.39, 0.29) is 24.5 Å². The Morgan fingerprint density at radius 3 is 2.67 bits per heavy atom. The van der Waals surface area contributed by atoms with Gasteiger partial charge in [0.05, 0.1) is 0 Å². The van der Waals surface area contributed by atoms with Crippen LogP contribution < -0.4 is 5.32 Å². The van der Waals surface area contributed by atoms with Crippen molar-refractivity contribution in [2.24, 2.45) is 5.92 Å². The normalized spacial score (nSPS) is 14.7. The number of carbonyl (C=O) groups is 1. The molecule has 90 valence electrons. The van der Waals surface area contributed by atoms with E-state index in [4.69, 9.17) is 9.84 Å². The Labute approximate surface area is 92.0 Å². The van der Waals surface area contributed by atoms with Crippen LogP contribution in [0, 0.1) is 5.92 Å². The number of carbonyl (C=O) groups excluding carboxylic acids is 1. The molecule has 0 rings (SSSR count). The molecule has 0 aliphatic heterocycles. The van der Waals surface area contributed by atoms with Gasteiger partial charge in [-0.25, -0.2) is 0 Å². The van der Waals surface area contributed by atoms with Crippen LogP contribution in [0.5, 0.6) is 0 Å². The summed E-state index contributed by atoms with van der Waals surface area (Å²) >= 11 is 0. The van der Waals surface area contributed by atoms with E-state index in [1.807, 2.05) is 13.8 Å². The van der Waals surface area contributed by atoms with Gasteiger partial charge in [0.2, 0.25) is 5.91 Å². The molecular formula is C11H23NO3. The van der Waals surface area contributed by atoms with Gasteiger partial charge < -0.3 is 15.2 Å². The van der Waals surface area contributed by atoms with Crippen LogP contribution in [0.15, 0.2) is 0 Å². The average Bonchev–Trinajstić information content (AvgIpc) is 2.17. The Bertz CT molecular complexity index is 173. The Balaban J connectivity index is 3.79. The second-order valence-electron chi connectivity index (χ2n) is 3.95. The van der Waals surface area contributed by atoms with Crippen molar-refractivity contribution in [2.45, 2.75) is 39.2 Å². The van der Waals surface area contributed by atoms with Gasteiger partial charge in [0.15, 0.2) is 0 Å². The largest absolute Gasteiger partial charge is 0.396 e. The predicted molar refractivity (Wildman–Crippen MR) is 59.6 cm³/mol. The van der Waals surface area contributed by atoms with Crippen LogP contribution in [0.1, 0.15) is 33.1 Å². The summed E-state index contributed by atoms with van der Waals surface area (Å²) in [5, 5.41) is 11.7. The number of aliphatic hydroxyl groups is 1. The number of amides is 1. The molecular weight excluding hydrogens is 194 g/mol. The highest BCUT2D eigenvalue weighted by atomic mass is 16.5. The van der Waals surface area contributed by atoms with Gasteiger partial charge >= 0.3 is 0 Å². The summed E-state index contributed by atoms with van der Waals surface area (Å²) in [6, 6.07) is 0.0947.